The normalized spacial score (nSPS) is 16.2. The second kappa shape index (κ2) is 6.60. The van der Waals surface area contributed by atoms with Crippen LogP contribution >= 0.6 is 11.3 Å². The summed E-state index contributed by atoms with van der Waals surface area (Å²) < 4.78 is 5.38. The largest absolute Gasteiger partial charge is 0.339 e. The fourth-order valence-electron chi connectivity index (χ4n) is 2.79. The lowest BCUT2D eigenvalue weighted by atomic mass is 9.96. The van der Waals surface area contributed by atoms with Gasteiger partial charge in [0.2, 0.25) is 5.89 Å². The van der Waals surface area contributed by atoms with E-state index in [9.17, 15) is 4.79 Å². The number of carbonyl (C=O) groups excluding carboxylic acids is 1. The van der Waals surface area contributed by atoms with Crippen LogP contribution in [0.3, 0.4) is 0 Å². The van der Waals surface area contributed by atoms with Crippen LogP contribution in [0.4, 0.5) is 0 Å². The molecule has 1 saturated heterocycles. The SMILES string of the molecule is CCCc1noc(C2CCN(C(=O)c3ccc(C)s3)CC2)n1. The van der Waals surface area contributed by atoms with E-state index in [1.165, 1.54) is 4.88 Å². The molecule has 0 atom stereocenters. The number of likely N-dealkylation sites (tertiary alicyclic amines) is 1. The predicted octanol–water partition coefficient (Wildman–Crippen LogP) is 3.41. The maximum atomic E-state index is 12.4. The van der Waals surface area contributed by atoms with Gasteiger partial charge in [0, 0.05) is 30.3 Å². The van der Waals surface area contributed by atoms with Crippen LogP contribution in [0.25, 0.3) is 0 Å². The van der Waals surface area contributed by atoms with E-state index in [4.69, 9.17) is 4.52 Å². The van der Waals surface area contributed by atoms with Crippen molar-refractivity contribution in [2.75, 3.05) is 13.1 Å². The molecule has 0 bridgehead atoms. The average Bonchev–Trinajstić information content (AvgIpc) is 3.16. The van der Waals surface area contributed by atoms with E-state index in [1.54, 1.807) is 11.3 Å². The lowest BCUT2D eigenvalue weighted by Crippen LogP contribution is -2.37. The number of aromatic nitrogens is 2. The zero-order valence-electron chi connectivity index (χ0n) is 13.0. The molecule has 0 aliphatic carbocycles. The Kier molecular flexibility index (Phi) is 4.57. The lowest BCUT2D eigenvalue weighted by molar-refractivity contribution is 0.0709. The Labute approximate surface area is 134 Å². The summed E-state index contributed by atoms with van der Waals surface area (Å²) in [5.41, 5.74) is 0. The van der Waals surface area contributed by atoms with Crippen LogP contribution in [-0.2, 0) is 6.42 Å². The van der Waals surface area contributed by atoms with Gasteiger partial charge in [-0.2, -0.15) is 4.98 Å². The number of piperidine rings is 1. The van der Waals surface area contributed by atoms with Crippen LogP contribution in [-0.4, -0.2) is 34.0 Å². The molecular formula is C16H21N3O2S. The van der Waals surface area contributed by atoms with Crippen molar-refractivity contribution in [1.82, 2.24) is 15.0 Å². The van der Waals surface area contributed by atoms with E-state index < -0.39 is 0 Å². The average molecular weight is 319 g/mol. The van der Waals surface area contributed by atoms with Gasteiger partial charge in [-0.05, 0) is 38.3 Å². The number of aryl methyl sites for hydroxylation is 2. The number of thiophene rings is 1. The fourth-order valence-corrected chi connectivity index (χ4v) is 3.63. The Morgan fingerprint density at radius 2 is 2.18 bits per heavy atom. The Hall–Kier alpha value is -1.69. The lowest BCUT2D eigenvalue weighted by Gasteiger charge is -2.30. The highest BCUT2D eigenvalue weighted by molar-refractivity contribution is 7.13. The number of hydrogen-bond acceptors (Lipinski definition) is 5. The van der Waals surface area contributed by atoms with Crippen LogP contribution in [0.15, 0.2) is 16.7 Å². The Bertz CT molecular complexity index is 641. The molecule has 3 rings (SSSR count). The van der Waals surface area contributed by atoms with Crippen molar-refractivity contribution in [2.45, 2.75) is 45.4 Å². The van der Waals surface area contributed by atoms with Gasteiger partial charge in [0.05, 0.1) is 4.88 Å². The summed E-state index contributed by atoms with van der Waals surface area (Å²) >= 11 is 1.56. The van der Waals surface area contributed by atoms with E-state index in [2.05, 4.69) is 17.1 Å². The molecule has 0 spiro atoms. The molecule has 2 aromatic rings. The number of carbonyl (C=O) groups is 1. The highest BCUT2D eigenvalue weighted by Gasteiger charge is 2.28. The Morgan fingerprint density at radius 1 is 1.41 bits per heavy atom. The van der Waals surface area contributed by atoms with Crippen LogP contribution in [0.1, 0.15) is 58.4 Å². The molecule has 1 amide bonds. The first kappa shape index (κ1) is 15.2. The second-order valence-corrected chi connectivity index (χ2v) is 7.06. The first-order valence-electron chi connectivity index (χ1n) is 7.85. The third-order valence-electron chi connectivity index (χ3n) is 4.04. The van der Waals surface area contributed by atoms with Crippen molar-refractivity contribution in [2.24, 2.45) is 0 Å². The minimum atomic E-state index is 0.147. The van der Waals surface area contributed by atoms with Gasteiger partial charge in [-0.15, -0.1) is 11.3 Å². The van der Waals surface area contributed by atoms with Gasteiger partial charge in [-0.25, -0.2) is 0 Å². The summed E-state index contributed by atoms with van der Waals surface area (Å²) in [5, 5.41) is 4.02. The fraction of sp³-hybridized carbons (Fsp3) is 0.562. The molecule has 1 aliphatic rings. The standard InChI is InChI=1S/C16H21N3O2S/c1-3-4-14-17-15(21-18-14)12-7-9-19(10-8-12)16(20)13-6-5-11(2)22-13/h5-6,12H,3-4,7-10H2,1-2H3. The number of hydrogen-bond donors (Lipinski definition) is 0. The first-order valence-corrected chi connectivity index (χ1v) is 8.67. The number of amides is 1. The number of rotatable bonds is 4. The van der Waals surface area contributed by atoms with Crippen molar-refractivity contribution in [3.05, 3.63) is 33.6 Å². The van der Waals surface area contributed by atoms with Gasteiger partial charge in [0.25, 0.3) is 5.91 Å². The minimum Gasteiger partial charge on any atom is -0.339 e. The smallest absolute Gasteiger partial charge is 0.263 e. The van der Waals surface area contributed by atoms with Gasteiger partial charge >= 0.3 is 0 Å². The van der Waals surface area contributed by atoms with Crippen LogP contribution in [0.5, 0.6) is 0 Å². The van der Waals surface area contributed by atoms with E-state index in [-0.39, 0.29) is 11.8 Å². The summed E-state index contributed by atoms with van der Waals surface area (Å²) in [6.45, 7) is 5.64. The molecule has 118 valence electrons. The summed E-state index contributed by atoms with van der Waals surface area (Å²) in [4.78, 5) is 20.8. The molecule has 0 N–H and O–H groups in total. The van der Waals surface area contributed by atoms with Crippen LogP contribution in [0.2, 0.25) is 0 Å². The van der Waals surface area contributed by atoms with Gasteiger partial charge < -0.3 is 9.42 Å². The molecule has 1 fully saturated rings. The van der Waals surface area contributed by atoms with Crippen LogP contribution < -0.4 is 0 Å². The monoisotopic (exact) mass is 319 g/mol. The van der Waals surface area contributed by atoms with Gasteiger partial charge in [-0.1, -0.05) is 12.1 Å². The van der Waals surface area contributed by atoms with Crippen molar-refractivity contribution in [3.8, 4) is 0 Å². The predicted molar refractivity (Wildman–Crippen MR) is 85.2 cm³/mol. The third-order valence-corrected chi connectivity index (χ3v) is 5.03. The second-order valence-electron chi connectivity index (χ2n) is 5.78. The molecule has 0 aromatic carbocycles. The molecule has 0 radical (unpaired) electrons. The minimum absolute atomic E-state index is 0.147. The van der Waals surface area contributed by atoms with Gasteiger partial charge in [-0.3, -0.25) is 4.79 Å². The zero-order chi connectivity index (χ0) is 15.5. The molecule has 2 aromatic heterocycles. The maximum Gasteiger partial charge on any atom is 0.263 e. The Balaban J connectivity index is 1.58. The van der Waals surface area contributed by atoms with E-state index in [0.717, 1.165) is 55.4 Å². The van der Waals surface area contributed by atoms with E-state index in [0.29, 0.717) is 0 Å². The molecule has 1 aliphatic heterocycles. The molecule has 0 unspecified atom stereocenters. The highest BCUT2D eigenvalue weighted by Crippen LogP contribution is 2.28. The molecule has 0 saturated carbocycles. The summed E-state index contributed by atoms with van der Waals surface area (Å²) in [7, 11) is 0. The molecule has 6 heteroatoms. The van der Waals surface area contributed by atoms with Crippen molar-refractivity contribution in [3.63, 3.8) is 0 Å². The zero-order valence-corrected chi connectivity index (χ0v) is 13.9. The van der Waals surface area contributed by atoms with Crippen LogP contribution in [0, 0.1) is 6.92 Å². The highest BCUT2D eigenvalue weighted by atomic mass is 32.1. The van der Waals surface area contributed by atoms with Gasteiger partial charge in [0.15, 0.2) is 5.82 Å². The molecule has 22 heavy (non-hydrogen) atoms. The summed E-state index contributed by atoms with van der Waals surface area (Å²) in [6.07, 6.45) is 3.67. The van der Waals surface area contributed by atoms with Crippen molar-refractivity contribution >= 4 is 17.2 Å². The molecular weight excluding hydrogens is 298 g/mol. The summed E-state index contributed by atoms with van der Waals surface area (Å²) in [5.74, 6) is 1.97. The first-order chi connectivity index (χ1) is 10.7. The molecule has 3 heterocycles. The van der Waals surface area contributed by atoms with Gasteiger partial charge in [0.1, 0.15) is 0 Å². The van der Waals surface area contributed by atoms with E-state index >= 15 is 0 Å². The van der Waals surface area contributed by atoms with E-state index in [1.807, 2.05) is 24.0 Å². The van der Waals surface area contributed by atoms with Crippen molar-refractivity contribution in [1.29, 1.82) is 0 Å². The maximum absolute atomic E-state index is 12.4. The summed E-state index contributed by atoms with van der Waals surface area (Å²) in [6, 6.07) is 3.92. The molecule has 5 nitrogen and oxygen atoms in total. The van der Waals surface area contributed by atoms with Crippen molar-refractivity contribution < 1.29 is 9.32 Å². The topological polar surface area (TPSA) is 59.2 Å². The Morgan fingerprint density at radius 3 is 2.82 bits per heavy atom. The quantitative estimate of drug-likeness (QED) is 0.866. The number of nitrogens with zero attached hydrogens (tertiary/aromatic N) is 3. The third kappa shape index (κ3) is 3.21.